The molecule has 2 aromatic rings. The van der Waals surface area contributed by atoms with Crippen molar-refractivity contribution in [1.82, 2.24) is 0 Å². The van der Waals surface area contributed by atoms with Crippen LogP contribution in [0, 0.1) is 5.92 Å². The minimum Gasteiger partial charge on any atom is -0.459 e. The number of alkyl halides is 3. The Hall–Kier alpha value is -2.81. The van der Waals surface area contributed by atoms with Crippen LogP contribution in [0.5, 0.6) is 0 Å². The lowest BCUT2D eigenvalue weighted by Crippen LogP contribution is -2.29. The number of hydrogen-bond acceptors (Lipinski definition) is 4. The maximum absolute atomic E-state index is 13.4. The van der Waals surface area contributed by atoms with E-state index in [1.807, 2.05) is 0 Å². The molecule has 1 saturated heterocycles. The summed E-state index contributed by atoms with van der Waals surface area (Å²) in [6, 6.07) is 6.07. The van der Waals surface area contributed by atoms with Gasteiger partial charge in [0.1, 0.15) is 0 Å². The van der Waals surface area contributed by atoms with Gasteiger partial charge in [-0.15, -0.1) is 0 Å². The zero-order chi connectivity index (χ0) is 19.4. The van der Waals surface area contributed by atoms with E-state index in [4.69, 9.17) is 9.15 Å². The topological polar surface area (TPSA) is 80.6 Å². The summed E-state index contributed by atoms with van der Waals surface area (Å²) in [6.07, 6.45) is -2.50. The Kier molecular flexibility index (Phi) is 5.50. The van der Waals surface area contributed by atoms with Crippen LogP contribution >= 0.6 is 0 Å². The largest absolute Gasteiger partial charge is 0.459 e. The van der Waals surface area contributed by atoms with Gasteiger partial charge in [0.2, 0.25) is 5.91 Å². The van der Waals surface area contributed by atoms with Gasteiger partial charge in [-0.3, -0.25) is 9.59 Å². The van der Waals surface area contributed by atoms with Gasteiger partial charge >= 0.3 is 6.18 Å². The molecule has 9 heteroatoms. The van der Waals surface area contributed by atoms with Crippen LogP contribution < -0.4 is 10.6 Å². The molecule has 0 spiro atoms. The summed E-state index contributed by atoms with van der Waals surface area (Å²) in [5, 5.41) is 4.69. The van der Waals surface area contributed by atoms with Crippen molar-refractivity contribution in [1.29, 1.82) is 0 Å². The number of amides is 2. The number of furan rings is 1. The third-order valence-electron chi connectivity index (χ3n) is 4.18. The van der Waals surface area contributed by atoms with E-state index in [2.05, 4.69) is 10.6 Å². The second-order valence-electron chi connectivity index (χ2n) is 6.07. The van der Waals surface area contributed by atoms with E-state index in [1.165, 1.54) is 24.5 Å². The van der Waals surface area contributed by atoms with Gasteiger partial charge in [0.15, 0.2) is 5.76 Å². The van der Waals surface area contributed by atoms with Gasteiger partial charge in [0.05, 0.1) is 17.5 Å². The van der Waals surface area contributed by atoms with E-state index >= 15 is 0 Å². The molecule has 0 radical (unpaired) electrons. The van der Waals surface area contributed by atoms with Gasteiger partial charge in [-0.1, -0.05) is 0 Å². The van der Waals surface area contributed by atoms with Crippen molar-refractivity contribution in [2.24, 2.45) is 5.92 Å². The highest BCUT2D eigenvalue weighted by Gasteiger charge is 2.35. The normalized spacial score (nSPS) is 15.4. The van der Waals surface area contributed by atoms with Gasteiger partial charge < -0.3 is 19.8 Å². The second-order valence-corrected chi connectivity index (χ2v) is 6.07. The van der Waals surface area contributed by atoms with Crippen LogP contribution in [-0.2, 0) is 15.7 Å². The zero-order valence-electron chi connectivity index (χ0n) is 14.1. The third kappa shape index (κ3) is 4.68. The minimum absolute atomic E-state index is 0.0274. The first kappa shape index (κ1) is 19.0. The highest BCUT2D eigenvalue weighted by Crippen LogP contribution is 2.37. The quantitative estimate of drug-likeness (QED) is 0.840. The SMILES string of the molecule is O=C(Nc1ccc(NC(=O)C2CCOCC2)c(C(F)(F)F)c1)c1ccco1. The van der Waals surface area contributed by atoms with Gasteiger partial charge in [0, 0.05) is 24.8 Å². The molecule has 1 aromatic carbocycles. The molecular formula is C18H17F3N2O4. The molecular weight excluding hydrogens is 365 g/mol. The Morgan fingerprint density at radius 1 is 1.07 bits per heavy atom. The molecule has 2 N–H and O–H groups in total. The van der Waals surface area contributed by atoms with E-state index < -0.39 is 29.5 Å². The highest BCUT2D eigenvalue weighted by molar-refractivity contribution is 6.02. The summed E-state index contributed by atoms with van der Waals surface area (Å²) < 4.78 is 50.3. The molecule has 3 rings (SSSR count). The van der Waals surface area contributed by atoms with Crippen molar-refractivity contribution in [2.45, 2.75) is 19.0 Å². The summed E-state index contributed by atoms with van der Waals surface area (Å²) in [7, 11) is 0. The number of carbonyl (C=O) groups is 2. The first-order chi connectivity index (χ1) is 12.8. The number of rotatable bonds is 4. The van der Waals surface area contributed by atoms with Gasteiger partial charge in [-0.25, -0.2) is 0 Å². The van der Waals surface area contributed by atoms with E-state index in [9.17, 15) is 22.8 Å². The van der Waals surface area contributed by atoms with Gasteiger partial charge in [0.25, 0.3) is 5.91 Å². The van der Waals surface area contributed by atoms with Crippen molar-refractivity contribution in [3.63, 3.8) is 0 Å². The Morgan fingerprint density at radius 2 is 1.81 bits per heavy atom. The molecule has 1 aliphatic heterocycles. The lowest BCUT2D eigenvalue weighted by Gasteiger charge is -2.22. The summed E-state index contributed by atoms with van der Waals surface area (Å²) in [5.41, 5.74) is -1.46. The van der Waals surface area contributed by atoms with Crippen molar-refractivity contribution in [3.8, 4) is 0 Å². The lowest BCUT2D eigenvalue weighted by molar-refractivity contribution is -0.137. The molecule has 0 bridgehead atoms. The van der Waals surface area contributed by atoms with E-state index in [0.29, 0.717) is 26.1 Å². The fourth-order valence-electron chi connectivity index (χ4n) is 2.76. The van der Waals surface area contributed by atoms with Crippen molar-refractivity contribution in [3.05, 3.63) is 47.9 Å². The minimum atomic E-state index is -4.70. The molecule has 0 unspecified atom stereocenters. The highest BCUT2D eigenvalue weighted by atomic mass is 19.4. The average Bonchev–Trinajstić information content (AvgIpc) is 3.17. The molecule has 2 amide bonds. The number of nitrogens with one attached hydrogen (secondary N) is 2. The summed E-state index contributed by atoms with van der Waals surface area (Å²) >= 11 is 0. The van der Waals surface area contributed by atoms with Crippen LogP contribution in [0.25, 0.3) is 0 Å². The van der Waals surface area contributed by atoms with Gasteiger partial charge in [-0.05, 0) is 43.2 Å². The summed E-state index contributed by atoms with van der Waals surface area (Å²) in [5.74, 6) is -1.57. The molecule has 0 atom stereocenters. The third-order valence-corrected chi connectivity index (χ3v) is 4.18. The molecule has 1 aliphatic rings. The summed E-state index contributed by atoms with van der Waals surface area (Å²) in [6.45, 7) is 0.809. The van der Waals surface area contributed by atoms with Crippen molar-refractivity contribution in [2.75, 3.05) is 23.8 Å². The predicted octanol–water partition coefficient (Wildman–Crippen LogP) is 3.92. The number of benzene rings is 1. The van der Waals surface area contributed by atoms with Crippen LogP contribution in [-0.4, -0.2) is 25.0 Å². The first-order valence-electron chi connectivity index (χ1n) is 8.29. The molecule has 1 aromatic heterocycles. The fourth-order valence-corrected chi connectivity index (χ4v) is 2.76. The van der Waals surface area contributed by atoms with Crippen LogP contribution in [0.3, 0.4) is 0 Å². The molecule has 0 aliphatic carbocycles. The average molecular weight is 382 g/mol. The Bertz CT molecular complexity index is 813. The molecule has 27 heavy (non-hydrogen) atoms. The van der Waals surface area contributed by atoms with E-state index in [1.54, 1.807) is 0 Å². The number of ether oxygens (including phenoxy) is 1. The van der Waals surface area contributed by atoms with Crippen LogP contribution in [0.1, 0.15) is 29.0 Å². The maximum atomic E-state index is 13.4. The lowest BCUT2D eigenvalue weighted by atomic mass is 9.99. The molecule has 144 valence electrons. The van der Waals surface area contributed by atoms with Crippen molar-refractivity contribution >= 4 is 23.2 Å². The Balaban J connectivity index is 1.79. The molecule has 2 heterocycles. The van der Waals surface area contributed by atoms with E-state index in [-0.39, 0.29) is 17.1 Å². The standard InChI is InChI=1S/C18H17F3N2O4/c19-18(20,21)13-10-12(22-17(25)15-2-1-7-27-15)3-4-14(13)23-16(24)11-5-8-26-9-6-11/h1-4,7,10-11H,5-6,8-9H2,(H,22,25)(H,23,24). The number of halogens is 3. The number of hydrogen-bond donors (Lipinski definition) is 2. The second kappa shape index (κ2) is 7.83. The first-order valence-corrected chi connectivity index (χ1v) is 8.29. The predicted molar refractivity (Wildman–Crippen MR) is 90.3 cm³/mol. The Morgan fingerprint density at radius 3 is 2.44 bits per heavy atom. The summed E-state index contributed by atoms with van der Waals surface area (Å²) in [4.78, 5) is 24.2. The zero-order valence-corrected chi connectivity index (χ0v) is 14.1. The molecule has 6 nitrogen and oxygen atoms in total. The number of anilines is 2. The van der Waals surface area contributed by atoms with E-state index in [0.717, 1.165) is 12.1 Å². The molecule has 1 fully saturated rings. The van der Waals surface area contributed by atoms with Crippen LogP contribution in [0.2, 0.25) is 0 Å². The van der Waals surface area contributed by atoms with Crippen LogP contribution in [0.4, 0.5) is 24.5 Å². The number of carbonyl (C=O) groups excluding carboxylic acids is 2. The Labute approximate surface area is 152 Å². The smallest absolute Gasteiger partial charge is 0.418 e. The fraction of sp³-hybridized carbons (Fsp3) is 0.333. The monoisotopic (exact) mass is 382 g/mol. The van der Waals surface area contributed by atoms with Crippen LogP contribution in [0.15, 0.2) is 41.0 Å². The maximum Gasteiger partial charge on any atom is 0.418 e. The van der Waals surface area contributed by atoms with Crippen molar-refractivity contribution < 1.29 is 31.9 Å². The van der Waals surface area contributed by atoms with Gasteiger partial charge in [-0.2, -0.15) is 13.2 Å². The molecule has 0 saturated carbocycles.